The molecule has 1 fully saturated rings. The molecule has 1 unspecified atom stereocenters. The quantitative estimate of drug-likeness (QED) is 0.893. The molecule has 7 heteroatoms. The van der Waals surface area contributed by atoms with Crippen molar-refractivity contribution in [2.45, 2.75) is 13.0 Å². The number of methoxy groups -OCH3 is 2. The number of phenolic OH excluding ortho intramolecular Hbond substituents is 1. The van der Waals surface area contributed by atoms with Crippen LogP contribution in [0.1, 0.15) is 17.3 Å². The van der Waals surface area contributed by atoms with Crippen molar-refractivity contribution in [3.05, 3.63) is 48.0 Å². The number of hydrogen-bond acceptors (Lipinski definition) is 5. The Morgan fingerprint density at radius 1 is 1.04 bits per heavy atom. The Balaban J connectivity index is 1.78. The van der Waals surface area contributed by atoms with E-state index in [-0.39, 0.29) is 23.1 Å². The number of carbonyl (C=O) groups is 2. The average Bonchev–Trinajstić information content (AvgIpc) is 2.69. The Morgan fingerprint density at radius 2 is 1.67 bits per heavy atom. The maximum Gasteiger partial charge on any atom is 0.258 e. The number of ether oxygens (including phenoxy) is 2. The predicted molar refractivity (Wildman–Crippen MR) is 101 cm³/mol. The van der Waals surface area contributed by atoms with Crippen LogP contribution in [0.3, 0.4) is 0 Å². The van der Waals surface area contributed by atoms with E-state index < -0.39 is 6.04 Å². The smallest absolute Gasteiger partial charge is 0.258 e. The lowest BCUT2D eigenvalue weighted by molar-refractivity contribution is -0.124. The van der Waals surface area contributed by atoms with Crippen molar-refractivity contribution in [3.8, 4) is 17.2 Å². The number of carbonyl (C=O) groups excluding carboxylic acids is 2. The number of anilines is 1. The molecule has 0 spiro atoms. The highest BCUT2D eigenvalue weighted by Gasteiger charge is 2.36. The van der Waals surface area contributed by atoms with Crippen LogP contribution >= 0.6 is 0 Å². The van der Waals surface area contributed by atoms with E-state index in [0.29, 0.717) is 24.6 Å². The van der Waals surface area contributed by atoms with Gasteiger partial charge in [0.15, 0.2) is 0 Å². The predicted octanol–water partition coefficient (Wildman–Crippen LogP) is 2.29. The van der Waals surface area contributed by atoms with E-state index in [1.54, 1.807) is 37.1 Å². The molecule has 3 rings (SSSR count). The molecule has 7 nitrogen and oxygen atoms in total. The average molecular weight is 370 g/mol. The van der Waals surface area contributed by atoms with Gasteiger partial charge in [-0.15, -0.1) is 0 Å². The molecule has 1 atom stereocenters. The normalized spacial score (nSPS) is 17.0. The van der Waals surface area contributed by atoms with Crippen LogP contribution < -0.4 is 14.4 Å². The third-order valence-electron chi connectivity index (χ3n) is 4.74. The van der Waals surface area contributed by atoms with Crippen molar-refractivity contribution in [3.63, 3.8) is 0 Å². The van der Waals surface area contributed by atoms with Crippen LogP contribution in [0.5, 0.6) is 17.2 Å². The third kappa shape index (κ3) is 3.53. The number of phenols is 1. The molecule has 27 heavy (non-hydrogen) atoms. The van der Waals surface area contributed by atoms with Gasteiger partial charge in [0.2, 0.25) is 5.91 Å². The van der Waals surface area contributed by atoms with Gasteiger partial charge >= 0.3 is 0 Å². The fourth-order valence-corrected chi connectivity index (χ4v) is 3.14. The van der Waals surface area contributed by atoms with E-state index in [2.05, 4.69) is 0 Å². The first-order valence-corrected chi connectivity index (χ1v) is 8.59. The molecule has 142 valence electrons. The number of benzene rings is 2. The first-order valence-electron chi connectivity index (χ1n) is 8.59. The van der Waals surface area contributed by atoms with Crippen LogP contribution in [0.4, 0.5) is 5.69 Å². The molecular weight excluding hydrogens is 348 g/mol. The maximum atomic E-state index is 12.8. The lowest BCUT2D eigenvalue weighted by Gasteiger charge is -2.39. The largest absolute Gasteiger partial charge is 0.507 e. The number of hydrogen-bond donors (Lipinski definition) is 1. The van der Waals surface area contributed by atoms with Crippen molar-refractivity contribution in [1.29, 1.82) is 0 Å². The van der Waals surface area contributed by atoms with Gasteiger partial charge in [0, 0.05) is 24.8 Å². The van der Waals surface area contributed by atoms with Gasteiger partial charge in [-0.05, 0) is 43.3 Å². The topological polar surface area (TPSA) is 79.3 Å². The lowest BCUT2D eigenvalue weighted by Crippen LogP contribution is -2.57. The second-order valence-corrected chi connectivity index (χ2v) is 6.25. The molecule has 1 saturated heterocycles. The zero-order valence-corrected chi connectivity index (χ0v) is 15.5. The van der Waals surface area contributed by atoms with Crippen molar-refractivity contribution in [2.75, 3.05) is 32.2 Å². The summed E-state index contributed by atoms with van der Waals surface area (Å²) in [7, 11) is 3.07. The SMILES string of the molecule is COc1ccc(N2CCN(C(=O)c3ccc(OC)cc3O)C(C)C2=O)cc1. The van der Waals surface area contributed by atoms with Gasteiger partial charge < -0.3 is 24.4 Å². The zero-order chi connectivity index (χ0) is 19.6. The van der Waals surface area contributed by atoms with Crippen LogP contribution in [0.2, 0.25) is 0 Å². The van der Waals surface area contributed by atoms with Gasteiger partial charge in [-0.1, -0.05) is 0 Å². The number of rotatable bonds is 4. The fraction of sp³-hybridized carbons (Fsp3) is 0.300. The molecule has 1 aliphatic heterocycles. The van der Waals surface area contributed by atoms with Crippen LogP contribution in [0, 0.1) is 0 Å². The zero-order valence-electron chi connectivity index (χ0n) is 15.5. The summed E-state index contributed by atoms with van der Waals surface area (Å²) in [4.78, 5) is 28.8. The summed E-state index contributed by atoms with van der Waals surface area (Å²) < 4.78 is 10.2. The van der Waals surface area contributed by atoms with Gasteiger partial charge in [-0.2, -0.15) is 0 Å². The molecule has 2 aromatic rings. The van der Waals surface area contributed by atoms with E-state index in [9.17, 15) is 14.7 Å². The summed E-state index contributed by atoms with van der Waals surface area (Å²) in [6.07, 6.45) is 0. The van der Waals surface area contributed by atoms with Crippen LogP contribution in [0.15, 0.2) is 42.5 Å². The van der Waals surface area contributed by atoms with Crippen molar-refractivity contribution >= 4 is 17.5 Å². The molecular formula is C20H22N2O5. The summed E-state index contributed by atoms with van der Waals surface area (Å²) in [6.45, 7) is 2.43. The van der Waals surface area contributed by atoms with Gasteiger partial charge in [0.05, 0.1) is 19.8 Å². The summed E-state index contributed by atoms with van der Waals surface area (Å²) in [6, 6.07) is 11.1. The van der Waals surface area contributed by atoms with Gasteiger partial charge in [0.1, 0.15) is 23.3 Å². The fourth-order valence-electron chi connectivity index (χ4n) is 3.14. The van der Waals surface area contributed by atoms with Gasteiger partial charge in [-0.3, -0.25) is 9.59 Å². The minimum Gasteiger partial charge on any atom is -0.507 e. The van der Waals surface area contributed by atoms with Crippen LogP contribution in [-0.2, 0) is 4.79 Å². The molecule has 2 amide bonds. The van der Waals surface area contributed by atoms with Crippen molar-refractivity contribution in [2.24, 2.45) is 0 Å². The number of amides is 2. The number of aromatic hydroxyl groups is 1. The second kappa shape index (κ2) is 7.57. The molecule has 2 aromatic carbocycles. The summed E-state index contributed by atoms with van der Waals surface area (Å²) in [5.74, 6) is 0.440. The molecule has 0 aliphatic carbocycles. The first-order chi connectivity index (χ1) is 13.0. The minimum atomic E-state index is -0.644. The second-order valence-electron chi connectivity index (χ2n) is 6.25. The molecule has 0 bridgehead atoms. The lowest BCUT2D eigenvalue weighted by atomic mass is 10.1. The van der Waals surface area contributed by atoms with E-state index in [0.717, 1.165) is 5.69 Å². The Hall–Kier alpha value is -3.22. The molecule has 1 heterocycles. The van der Waals surface area contributed by atoms with Gasteiger partial charge in [-0.25, -0.2) is 0 Å². The number of piperazine rings is 1. The summed E-state index contributed by atoms with van der Waals surface area (Å²) in [5.41, 5.74) is 0.903. The van der Waals surface area contributed by atoms with Crippen LogP contribution in [0.25, 0.3) is 0 Å². The third-order valence-corrected chi connectivity index (χ3v) is 4.74. The highest BCUT2D eigenvalue weighted by atomic mass is 16.5. The highest BCUT2D eigenvalue weighted by Crippen LogP contribution is 2.28. The van der Waals surface area contributed by atoms with E-state index in [1.165, 1.54) is 24.1 Å². The highest BCUT2D eigenvalue weighted by molar-refractivity contribution is 6.04. The minimum absolute atomic E-state index is 0.147. The van der Waals surface area contributed by atoms with E-state index in [1.807, 2.05) is 12.1 Å². The molecule has 0 aromatic heterocycles. The number of nitrogens with zero attached hydrogens (tertiary/aromatic N) is 2. The Bertz CT molecular complexity index is 850. The van der Waals surface area contributed by atoms with E-state index in [4.69, 9.17) is 9.47 Å². The maximum absolute atomic E-state index is 12.8. The first kappa shape index (κ1) is 18.6. The Morgan fingerprint density at radius 3 is 2.26 bits per heavy atom. The summed E-state index contributed by atoms with van der Waals surface area (Å²) >= 11 is 0. The summed E-state index contributed by atoms with van der Waals surface area (Å²) in [5, 5.41) is 10.1. The van der Waals surface area contributed by atoms with Gasteiger partial charge in [0.25, 0.3) is 5.91 Å². The molecule has 0 saturated carbocycles. The van der Waals surface area contributed by atoms with E-state index >= 15 is 0 Å². The molecule has 0 radical (unpaired) electrons. The molecule has 1 N–H and O–H groups in total. The monoisotopic (exact) mass is 370 g/mol. The Labute approximate surface area is 157 Å². The van der Waals surface area contributed by atoms with Crippen LogP contribution in [-0.4, -0.2) is 55.2 Å². The standard InChI is InChI=1S/C20H22N2O5/c1-13-19(24)22(14-4-6-15(26-2)7-5-14)11-10-21(13)20(25)17-9-8-16(27-3)12-18(17)23/h4-9,12-13,23H,10-11H2,1-3H3. The van der Waals surface area contributed by atoms with Crippen molar-refractivity contribution in [1.82, 2.24) is 4.90 Å². The Kier molecular flexibility index (Phi) is 5.21. The molecule has 1 aliphatic rings. The van der Waals surface area contributed by atoms with Crippen molar-refractivity contribution < 1.29 is 24.2 Å².